The van der Waals surface area contributed by atoms with Gasteiger partial charge in [0.2, 0.25) is 0 Å². The topological polar surface area (TPSA) is 80.7 Å². The molecule has 1 heterocycles. The summed E-state index contributed by atoms with van der Waals surface area (Å²) in [5.74, 6) is -2.59. The number of carbonyl (C=O) groups is 3. The third kappa shape index (κ3) is 2.29. The van der Waals surface area contributed by atoms with E-state index < -0.39 is 17.9 Å². The molecule has 2 aromatic rings. The number of ether oxygens (including phenoxy) is 1. The molecule has 0 bridgehead atoms. The van der Waals surface area contributed by atoms with Crippen LogP contribution in [0.1, 0.15) is 31.8 Å². The van der Waals surface area contributed by atoms with Gasteiger partial charge in [0.15, 0.2) is 0 Å². The highest BCUT2D eigenvalue weighted by Gasteiger charge is 2.29. The fourth-order valence-electron chi connectivity index (χ4n) is 2.31. The fourth-order valence-corrected chi connectivity index (χ4v) is 2.31. The highest BCUT2D eigenvalue weighted by molar-refractivity contribution is 6.29. The lowest BCUT2D eigenvalue weighted by molar-refractivity contribution is -0.131. The summed E-state index contributed by atoms with van der Waals surface area (Å²) in [6, 6.07) is 12.8. The second kappa shape index (κ2) is 5.29. The van der Waals surface area contributed by atoms with Gasteiger partial charge in [-0.05, 0) is 23.8 Å². The van der Waals surface area contributed by atoms with E-state index in [1.54, 1.807) is 42.5 Å². The van der Waals surface area contributed by atoms with Crippen LogP contribution >= 0.6 is 0 Å². The van der Waals surface area contributed by atoms with Crippen LogP contribution in [0.3, 0.4) is 0 Å². The van der Waals surface area contributed by atoms with E-state index in [4.69, 9.17) is 4.74 Å². The van der Waals surface area contributed by atoms with Crippen LogP contribution in [0.4, 0.5) is 0 Å². The van der Waals surface area contributed by atoms with Gasteiger partial charge in [-0.1, -0.05) is 36.4 Å². The molecule has 0 fully saturated rings. The number of carbonyl (C=O) groups excluding carboxylic acids is 2. The molecule has 0 unspecified atom stereocenters. The van der Waals surface area contributed by atoms with E-state index in [0.717, 1.165) is 0 Å². The lowest BCUT2D eigenvalue weighted by Gasteiger charge is -2.16. The van der Waals surface area contributed by atoms with Crippen molar-refractivity contribution >= 4 is 29.6 Å². The van der Waals surface area contributed by atoms with E-state index in [2.05, 4.69) is 0 Å². The van der Waals surface area contributed by atoms with E-state index in [9.17, 15) is 19.5 Å². The summed E-state index contributed by atoms with van der Waals surface area (Å²) in [6.45, 7) is 0. The number of rotatable bonds is 2. The Labute approximate surface area is 125 Å². The number of carboxylic acid groups (broad SMARTS) is 1. The largest absolute Gasteiger partial charge is 0.478 e. The minimum Gasteiger partial charge on any atom is -0.478 e. The monoisotopic (exact) mass is 294 g/mol. The molecular formula is C17H10O5. The van der Waals surface area contributed by atoms with E-state index in [-0.39, 0.29) is 16.7 Å². The smallest absolute Gasteiger partial charge is 0.346 e. The number of hydrogen-bond acceptors (Lipinski definition) is 4. The van der Waals surface area contributed by atoms with E-state index >= 15 is 0 Å². The van der Waals surface area contributed by atoms with Crippen molar-refractivity contribution < 1.29 is 24.2 Å². The van der Waals surface area contributed by atoms with Gasteiger partial charge in [-0.15, -0.1) is 0 Å². The first-order chi connectivity index (χ1) is 10.6. The molecule has 22 heavy (non-hydrogen) atoms. The quantitative estimate of drug-likeness (QED) is 0.523. The van der Waals surface area contributed by atoms with Gasteiger partial charge in [0, 0.05) is 5.56 Å². The molecule has 0 spiro atoms. The molecule has 0 saturated carbocycles. The maximum atomic E-state index is 12.0. The molecule has 2 aromatic carbocycles. The predicted octanol–water partition coefficient (Wildman–Crippen LogP) is 2.62. The Morgan fingerprint density at radius 1 is 0.909 bits per heavy atom. The molecule has 0 aliphatic carbocycles. The Bertz CT molecular complexity index is 832. The molecule has 0 amide bonds. The van der Waals surface area contributed by atoms with E-state index in [0.29, 0.717) is 11.1 Å². The average molecular weight is 294 g/mol. The molecule has 1 N–H and O–H groups in total. The summed E-state index contributed by atoms with van der Waals surface area (Å²) in [7, 11) is 0. The highest BCUT2D eigenvalue weighted by Crippen LogP contribution is 2.29. The zero-order chi connectivity index (χ0) is 15.7. The molecule has 108 valence electrons. The van der Waals surface area contributed by atoms with Crippen molar-refractivity contribution in [3.63, 3.8) is 0 Å². The summed E-state index contributed by atoms with van der Waals surface area (Å²) in [5.41, 5.74) is 1.30. The van der Waals surface area contributed by atoms with Gasteiger partial charge in [0.1, 0.15) is 0 Å². The van der Waals surface area contributed by atoms with Gasteiger partial charge >= 0.3 is 17.9 Å². The molecule has 0 radical (unpaired) electrons. The Balaban J connectivity index is 2.20. The second-order valence-electron chi connectivity index (χ2n) is 4.67. The Morgan fingerprint density at radius 3 is 2.27 bits per heavy atom. The zero-order valence-electron chi connectivity index (χ0n) is 11.3. The standard InChI is InChI=1S/C17H10O5/c18-15(19)11-6-2-1-5-10(11)9-14-12-7-3-4-8-13(12)16(20)22-17(14)21/h1-9H,(H,18,19). The molecule has 0 aromatic heterocycles. The van der Waals surface area contributed by atoms with Gasteiger partial charge in [0.25, 0.3) is 0 Å². The van der Waals surface area contributed by atoms with Crippen LogP contribution in [0.25, 0.3) is 11.6 Å². The minimum atomic E-state index is -1.10. The van der Waals surface area contributed by atoms with Crippen LogP contribution in [-0.2, 0) is 9.53 Å². The SMILES string of the molecule is O=C1OC(=O)c2ccccc2C1=Cc1ccccc1C(=O)O. The van der Waals surface area contributed by atoms with E-state index in [1.165, 1.54) is 12.1 Å². The number of aromatic carboxylic acids is 1. The van der Waals surface area contributed by atoms with Gasteiger partial charge < -0.3 is 9.84 Å². The van der Waals surface area contributed by atoms with Gasteiger partial charge in [0.05, 0.1) is 16.7 Å². The number of cyclic esters (lactones) is 2. The van der Waals surface area contributed by atoms with Crippen molar-refractivity contribution in [1.29, 1.82) is 0 Å². The average Bonchev–Trinajstić information content (AvgIpc) is 2.51. The fraction of sp³-hybridized carbons (Fsp3) is 0. The van der Waals surface area contributed by atoms with Crippen molar-refractivity contribution in [2.24, 2.45) is 0 Å². The number of fused-ring (bicyclic) bond motifs is 1. The normalized spacial score (nSPS) is 15.4. The van der Waals surface area contributed by atoms with Gasteiger partial charge in [-0.2, -0.15) is 0 Å². The molecule has 5 nitrogen and oxygen atoms in total. The Hall–Kier alpha value is -3.21. The molecular weight excluding hydrogens is 284 g/mol. The lowest BCUT2D eigenvalue weighted by atomic mass is 9.94. The number of benzene rings is 2. The Morgan fingerprint density at radius 2 is 1.55 bits per heavy atom. The van der Waals surface area contributed by atoms with Crippen LogP contribution in [0.5, 0.6) is 0 Å². The van der Waals surface area contributed by atoms with Crippen LogP contribution in [0, 0.1) is 0 Å². The second-order valence-corrected chi connectivity index (χ2v) is 4.67. The molecule has 1 aliphatic rings. The Kier molecular flexibility index (Phi) is 3.31. The van der Waals surface area contributed by atoms with Crippen molar-refractivity contribution in [2.75, 3.05) is 0 Å². The lowest BCUT2D eigenvalue weighted by Crippen LogP contribution is -2.22. The minimum absolute atomic E-state index is 0.0668. The first kappa shape index (κ1) is 13.8. The number of carboxylic acids is 1. The van der Waals surface area contributed by atoms with Crippen molar-refractivity contribution in [3.8, 4) is 0 Å². The molecule has 0 saturated heterocycles. The molecule has 0 atom stereocenters. The maximum Gasteiger partial charge on any atom is 0.346 e. The van der Waals surface area contributed by atoms with Gasteiger partial charge in [-0.3, -0.25) is 0 Å². The number of hydrogen-bond donors (Lipinski definition) is 1. The summed E-state index contributed by atoms with van der Waals surface area (Å²) >= 11 is 0. The van der Waals surface area contributed by atoms with E-state index in [1.807, 2.05) is 0 Å². The van der Waals surface area contributed by atoms with Crippen LogP contribution < -0.4 is 0 Å². The zero-order valence-corrected chi connectivity index (χ0v) is 11.3. The maximum absolute atomic E-state index is 12.0. The van der Waals surface area contributed by atoms with Crippen molar-refractivity contribution in [2.45, 2.75) is 0 Å². The summed E-state index contributed by atoms with van der Waals surface area (Å²) in [5, 5.41) is 9.20. The molecule has 5 heteroatoms. The highest BCUT2D eigenvalue weighted by atomic mass is 16.6. The van der Waals surface area contributed by atoms with Crippen LogP contribution in [0.15, 0.2) is 48.5 Å². The third-order valence-electron chi connectivity index (χ3n) is 3.33. The van der Waals surface area contributed by atoms with Gasteiger partial charge in [-0.25, -0.2) is 14.4 Å². The number of esters is 2. The van der Waals surface area contributed by atoms with Crippen LogP contribution in [0.2, 0.25) is 0 Å². The summed E-state index contributed by atoms with van der Waals surface area (Å²) < 4.78 is 4.70. The summed E-state index contributed by atoms with van der Waals surface area (Å²) in [6.07, 6.45) is 1.43. The first-order valence-corrected chi connectivity index (χ1v) is 6.48. The predicted molar refractivity (Wildman–Crippen MR) is 78.1 cm³/mol. The molecule has 3 rings (SSSR count). The third-order valence-corrected chi connectivity index (χ3v) is 3.33. The van der Waals surface area contributed by atoms with Crippen molar-refractivity contribution in [1.82, 2.24) is 0 Å². The first-order valence-electron chi connectivity index (χ1n) is 6.48. The van der Waals surface area contributed by atoms with Crippen LogP contribution in [-0.4, -0.2) is 23.0 Å². The molecule has 1 aliphatic heterocycles. The summed E-state index contributed by atoms with van der Waals surface area (Å²) in [4.78, 5) is 34.9. The van der Waals surface area contributed by atoms with Crippen molar-refractivity contribution in [3.05, 3.63) is 70.8 Å².